The third-order valence-corrected chi connectivity index (χ3v) is 6.28. The van der Waals surface area contributed by atoms with Crippen LogP contribution in [0.3, 0.4) is 0 Å². The van der Waals surface area contributed by atoms with Crippen LogP contribution in [0.1, 0.15) is 29.3 Å². The molecule has 0 bridgehead atoms. The highest BCUT2D eigenvalue weighted by Gasteiger charge is 2.34. The summed E-state index contributed by atoms with van der Waals surface area (Å²) in [5.74, 6) is 0.484. The summed E-state index contributed by atoms with van der Waals surface area (Å²) < 4.78 is 23.4. The van der Waals surface area contributed by atoms with E-state index in [0.717, 1.165) is 5.69 Å². The molecule has 1 aliphatic rings. The molecule has 1 amide bonds. The van der Waals surface area contributed by atoms with E-state index >= 15 is 0 Å². The van der Waals surface area contributed by atoms with Crippen molar-refractivity contribution in [1.29, 1.82) is 5.26 Å². The van der Waals surface area contributed by atoms with Crippen molar-refractivity contribution in [3.05, 3.63) is 53.7 Å². The number of carbonyl (C=O) groups is 1. The maximum Gasteiger partial charge on any atom is 0.255 e. The first kappa shape index (κ1) is 18.9. The Kier molecular flexibility index (Phi) is 5.42. The van der Waals surface area contributed by atoms with E-state index in [9.17, 15) is 13.2 Å². The first-order valence-corrected chi connectivity index (χ1v) is 10.5. The number of nitriles is 1. The van der Waals surface area contributed by atoms with E-state index in [0.29, 0.717) is 29.9 Å². The fourth-order valence-corrected chi connectivity index (χ4v) is 4.89. The minimum Gasteiger partial charge on any atom is -0.340 e. The molecule has 7 nitrogen and oxygen atoms in total. The summed E-state index contributed by atoms with van der Waals surface area (Å²) >= 11 is 0. The molecule has 0 spiro atoms. The number of nitrogens with zero attached hydrogens (tertiary/aromatic N) is 3. The van der Waals surface area contributed by atoms with Crippen LogP contribution in [0.25, 0.3) is 0 Å². The topological polar surface area (TPSA) is 103 Å². The minimum atomic E-state index is -3.06. The molecule has 1 fully saturated rings. The van der Waals surface area contributed by atoms with Gasteiger partial charge in [0.15, 0.2) is 9.84 Å². The summed E-state index contributed by atoms with van der Waals surface area (Å²) in [6.07, 6.45) is 1.95. The van der Waals surface area contributed by atoms with Gasteiger partial charge in [-0.25, -0.2) is 13.4 Å². The molecule has 1 aromatic heterocycles. The molecule has 2 heterocycles. The molecular formula is C19H20N4O3S. The monoisotopic (exact) mass is 384 g/mol. The van der Waals surface area contributed by atoms with Crippen LogP contribution >= 0.6 is 0 Å². The predicted octanol–water partition coefficient (Wildman–Crippen LogP) is 2.35. The number of amides is 1. The Balaban J connectivity index is 1.72. The lowest BCUT2D eigenvalue weighted by molar-refractivity contribution is 0.0708. The van der Waals surface area contributed by atoms with E-state index in [4.69, 9.17) is 5.26 Å². The van der Waals surface area contributed by atoms with Gasteiger partial charge in [-0.2, -0.15) is 5.26 Å². The van der Waals surface area contributed by atoms with Crippen LogP contribution in [-0.4, -0.2) is 48.3 Å². The Morgan fingerprint density at radius 1 is 1.37 bits per heavy atom. The van der Waals surface area contributed by atoms with Crippen molar-refractivity contribution in [1.82, 2.24) is 9.88 Å². The van der Waals surface area contributed by atoms with Crippen LogP contribution in [0.2, 0.25) is 0 Å². The average Bonchev–Trinajstić information content (AvgIpc) is 3.02. The fourth-order valence-electron chi connectivity index (χ4n) is 3.16. The van der Waals surface area contributed by atoms with Crippen molar-refractivity contribution in [3.8, 4) is 6.07 Å². The molecule has 3 rings (SSSR count). The molecule has 1 aliphatic heterocycles. The van der Waals surface area contributed by atoms with Crippen molar-refractivity contribution in [2.75, 3.05) is 23.4 Å². The van der Waals surface area contributed by atoms with Crippen LogP contribution in [0.15, 0.2) is 42.6 Å². The lowest BCUT2D eigenvalue weighted by Gasteiger charge is -2.26. The zero-order valence-corrected chi connectivity index (χ0v) is 15.7. The van der Waals surface area contributed by atoms with E-state index in [2.05, 4.69) is 16.4 Å². The van der Waals surface area contributed by atoms with Gasteiger partial charge in [0.1, 0.15) is 5.82 Å². The van der Waals surface area contributed by atoms with Gasteiger partial charge < -0.3 is 10.2 Å². The van der Waals surface area contributed by atoms with Crippen molar-refractivity contribution in [2.24, 2.45) is 0 Å². The number of benzene rings is 1. The Labute approximate surface area is 158 Å². The van der Waals surface area contributed by atoms with Crippen LogP contribution in [-0.2, 0) is 9.84 Å². The number of aromatic nitrogens is 1. The first-order chi connectivity index (χ1) is 12.9. The third kappa shape index (κ3) is 4.44. The van der Waals surface area contributed by atoms with Gasteiger partial charge in [0, 0.05) is 24.5 Å². The second-order valence-electron chi connectivity index (χ2n) is 6.40. The zero-order chi connectivity index (χ0) is 19.4. The summed E-state index contributed by atoms with van der Waals surface area (Å²) in [6, 6.07) is 12.2. The zero-order valence-electron chi connectivity index (χ0n) is 14.9. The summed E-state index contributed by atoms with van der Waals surface area (Å²) in [7, 11) is -3.06. The number of rotatable bonds is 5. The molecule has 0 aliphatic carbocycles. The quantitative estimate of drug-likeness (QED) is 0.849. The Morgan fingerprint density at radius 2 is 2.19 bits per heavy atom. The Hall–Kier alpha value is -2.92. The molecule has 0 radical (unpaired) electrons. The SMILES string of the molecule is CCN(C(=O)c1ccc(Nc2cccc(C#N)c2)nc1)C1CCS(=O)(=O)C1. The van der Waals surface area contributed by atoms with Gasteiger partial charge in [-0.05, 0) is 43.7 Å². The van der Waals surface area contributed by atoms with Crippen LogP contribution in [0.4, 0.5) is 11.5 Å². The molecule has 1 unspecified atom stereocenters. The second-order valence-corrected chi connectivity index (χ2v) is 8.63. The van der Waals surface area contributed by atoms with E-state index in [1.54, 1.807) is 35.2 Å². The molecule has 1 N–H and O–H groups in total. The maximum absolute atomic E-state index is 12.8. The highest BCUT2D eigenvalue weighted by molar-refractivity contribution is 7.91. The number of pyridine rings is 1. The van der Waals surface area contributed by atoms with Gasteiger partial charge in [-0.1, -0.05) is 6.07 Å². The van der Waals surface area contributed by atoms with E-state index < -0.39 is 9.84 Å². The van der Waals surface area contributed by atoms with Gasteiger partial charge in [-0.15, -0.1) is 0 Å². The molecule has 2 aromatic rings. The highest BCUT2D eigenvalue weighted by atomic mass is 32.2. The number of nitrogens with one attached hydrogen (secondary N) is 1. The number of carbonyl (C=O) groups excluding carboxylic acids is 1. The van der Waals surface area contributed by atoms with Crippen molar-refractivity contribution < 1.29 is 13.2 Å². The largest absolute Gasteiger partial charge is 0.340 e. The van der Waals surface area contributed by atoms with E-state index in [1.807, 2.05) is 13.0 Å². The first-order valence-electron chi connectivity index (χ1n) is 8.66. The van der Waals surface area contributed by atoms with Crippen LogP contribution in [0, 0.1) is 11.3 Å². The molecule has 0 saturated carbocycles. The molecule has 1 aromatic carbocycles. The summed E-state index contributed by atoms with van der Waals surface area (Å²) in [6.45, 7) is 2.29. The van der Waals surface area contributed by atoms with Gasteiger partial charge in [-0.3, -0.25) is 4.79 Å². The Morgan fingerprint density at radius 3 is 2.78 bits per heavy atom. The third-order valence-electron chi connectivity index (χ3n) is 4.53. The maximum atomic E-state index is 12.8. The number of anilines is 2. The average molecular weight is 384 g/mol. The van der Waals surface area contributed by atoms with Crippen LogP contribution in [0.5, 0.6) is 0 Å². The van der Waals surface area contributed by atoms with E-state index in [1.165, 1.54) is 6.20 Å². The molecule has 1 saturated heterocycles. The highest BCUT2D eigenvalue weighted by Crippen LogP contribution is 2.21. The van der Waals surface area contributed by atoms with Gasteiger partial charge in [0.25, 0.3) is 5.91 Å². The standard InChI is InChI=1S/C19H20N4O3S/c1-2-23(17-8-9-27(25,26)13-17)19(24)15-6-7-18(21-12-15)22-16-5-3-4-14(10-16)11-20/h3-7,10,12,17H,2,8-9,13H2,1H3,(H,21,22). The second kappa shape index (κ2) is 7.76. The summed E-state index contributed by atoms with van der Waals surface area (Å²) in [5, 5.41) is 12.0. The predicted molar refractivity (Wildman–Crippen MR) is 102 cm³/mol. The lowest BCUT2D eigenvalue weighted by atomic mass is 10.1. The number of hydrogen-bond acceptors (Lipinski definition) is 6. The lowest BCUT2D eigenvalue weighted by Crippen LogP contribution is -2.41. The van der Waals surface area contributed by atoms with Crippen molar-refractivity contribution in [2.45, 2.75) is 19.4 Å². The van der Waals surface area contributed by atoms with Gasteiger partial charge in [0.2, 0.25) is 0 Å². The summed E-state index contributed by atoms with van der Waals surface area (Å²) in [5.41, 5.74) is 1.68. The number of sulfone groups is 1. The van der Waals surface area contributed by atoms with E-state index in [-0.39, 0.29) is 23.5 Å². The van der Waals surface area contributed by atoms with Crippen LogP contribution < -0.4 is 5.32 Å². The molecule has 1 atom stereocenters. The normalized spacial score (nSPS) is 17.9. The van der Waals surface area contributed by atoms with Gasteiger partial charge in [0.05, 0.1) is 28.7 Å². The smallest absolute Gasteiger partial charge is 0.255 e. The Bertz CT molecular complexity index is 981. The van der Waals surface area contributed by atoms with Crippen molar-refractivity contribution in [3.63, 3.8) is 0 Å². The minimum absolute atomic E-state index is 0.0227. The number of hydrogen-bond donors (Lipinski definition) is 1. The molecule has 27 heavy (non-hydrogen) atoms. The van der Waals surface area contributed by atoms with Crippen molar-refractivity contribution >= 4 is 27.2 Å². The fraction of sp³-hybridized carbons (Fsp3) is 0.316. The molecule has 140 valence electrons. The molecular weight excluding hydrogens is 364 g/mol. The summed E-state index contributed by atoms with van der Waals surface area (Å²) in [4.78, 5) is 18.6. The molecule has 8 heteroatoms. The van der Waals surface area contributed by atoms with Gasteiger partial charge >= 0.3 is 0 Å².